The average Bonchev–Trinajstić information content (AvgIpc) is 3.28. The van der Waals surface area contributed by atoms with Crippen LogP contribution >= 0.6 is 11.3 Å². The van der Waals surface area contributed by atoms with Gasteiger partial charge in [-0.3, -0.25) is 4.98 Å². The van der Waals surface area contributed by atoms with E-state index in [2.05, 4.69) is 20.3 Å². The van der Waals surface area contributed by atoms with Crippen LogP contribution in [0.3, 0.4) is 0 Å². The van der Waals surface area contributed by atoms with E-state index in [4.69, 9.17) is 9.72 Å². The highest BCUT2D eigenvalue weighted by atomic mass is 32.1. The van der Waals surface area contributed by atoms with Gasteiger partial charge in [-0.2, -0.15) is 0 Å². The number of halogens is 1. The maximum atomic E-state index is 13.2. The van der Waals surface area contributed by atoms with Crippen molar-refractivity contribution in [2.75, 3.05) is 12.4 Å². The Balaban J connectivity index is 1.57. The van der Waals surface area contributed by atoms with Gasteiger partial charge in [-0.1, -0.05) is 0 Å². The Morgan fingerprint density at radius 3 is 2.61 bits per heavy atom. The molecule has 0 aliphatic rings. The first kappa shape index (κ1) is 19.1. The second-order valence-corrected chi connectivity index (χ2v) is 7.55. The Kier molecular flexibility index (Phi) is 4.97. The molecule has 8 heteroatoms. The number of pyridine rings is 1. The molecule has 0 aliphatic heterocycles. The van der Waals surface area contributed by atoms with Crippen molar-refractivity contribution in [1.29, 1.82) is 0 Å². The molecule has 0 atom stereocenters. The van der Waals surface area contributed by atoms with Crippen molar-refractivity contribution in [1.82, 2.24) is 19.9 Å². The van der Waals surface area contributed by atoms with Crippen molar-refractivity contribution >= 4 is 33.2 Å². The summed E-state index contributed by atoms with van der Waals surface area (Å²) in [6.07, 6.45) is 3.44. The topological polar surface area (TPSA) is 72.8 Å². The first-order valence-electron chi connectivity index (χ1n) is 9.44. The molecule has 3 heterocycles. The average molecular weight is 429 g/mol. The van der Waals surface area contributed by atoms with Crippen molar-refractivity contribution in [3.63, 3.8) is 0 Å². The van der Waals surface area contributed by atoms with Gasteiger partial charge in [-0.25, -0.2) is 19.3 Å². The minimum absolute atomic E-state index is 0.276. The summed E-state index contributed by atoms with van der Waals surface area (Å²) in [6, 6.07) is 15.7. The van der Waals surface area contributed by atoms with Gasteiger partial charge in [0.25, 0.3) is 0 Å². The third kappa shape index (κ3) is 3.93. The zero-order chi connectivity index (χ0) is 21.2. The zero-order valence-corrected chi connectivity index (χ0v) is 17.2. The number of thiazole rings is 1. The van der Waals surface area contributed by atoms with E-state index >= 15 is 0 Å². The maximum absolute atomic E-state index is 13.2. The highest BCUT2D eigenvalue weighted by molar-refractivity contribution is 7.14. The molecule has 0 unspecified atom stereocenters. The molecule has 0 spiro atoms. The molecule has 0 bridgehead atoms. The monoisotopic (exact) mass is 429 g/mol. The van der Waals surface area contributed by atoms with Crippen molar-refractivity contribution in [2.24, 2.45) is 0 Å². The fraction of sp³-hybridized carbons (Fsp3) is 0.0435. The molecule has 31 heavy (non-hydrogen) atoms. The summed E-state index contributed by atoms with van der Waals surface area (Å²) in [7, 11) is 1.62. The van der Waals surface area contributed by atoms with Crippen LogP contribution in [0.2, 0.25) is 0 Å². The van der Waals surface area contributed by atoms with E-state index in [1.54, 1.807) is 31.6 Å². The van der Waals surface area contributed by atoms with E-state index in [9.17, 15) is 4.39 Å². The Morgan fingerprint density at radius 2 is 1.84 bits per heavy atom. The van der Waals surface area contributed by atoms with Crippen molar-refractivity contribution in [3.8, 4) is 28.4 Å². The molecule has 6 nitrogen and oxygen atoms in total. The second-order valence-electron chi connectivity index (χ2n) is 6.69. The van der Waals surface area contributed by atoms with Gasteiger partial charge in [0.2, 0.25) is 0 Å². The lowest BCUT2D eigenvalue weighted by Gasteiger charge is -2.10. The maximum Gasteiger partial charge on any atom is 0.188 e. The van der Waals surface area contributed by atoms with E-state index in [0.29, 0.717) is 22.5 Å². The third-order valence-electron chi connectivity index (χ3n) is 4.69. The molecule has 0 amide bonds. The van der Waals surface area contributed by atoms with Crippen LogP contribution in [-0.4, -0.2) is 27.0 Å². The summed E-state index contributed by atoms with van der Waals surface area (Å²) in [5.74, 6) is 1.60. The van der Waals surface area contributed by atoms with Gasteiger partial charge in [0.1, 0.15) is 17.4 Å². The predicted molar refractivity (Wildman–Crippen MR) is 120 cm³/mol. The molecule has 2 aromatic carbocycles. The minimum atomic E-state index is -0.276. The van der Waals surface area contributed by atoms with Crippen LogP contribution in [0.25, 0.3) is 33.5 Å². The Hall–Kier alpha value is -3.91. The smallest absolute Gasteiger partial charge is 0.188 e. The lowest BCUT2D eigenvalue weighted by Crippen LogP contribution is -2.00. The lowest BCUT2D eigenvalue weighted by molar-refractivity contribution is 0.415. The number of benzene rings is 2. The van der Waals surface area contributed by atoms with Crippen LogP contribution in [0.4, 0.5) is 15.3 Å². The fourth-order valence-electron chi connectivity index (χ4n) is 3.14. The van der Waals surface area contributed by atoms with Gasteiger partial charge in [0, 0.05) is 34.3 Å². The van der Waals surface area contributed by atoms with Crippen LogP contribution in [0.5, 0.6) is 5.75 Å². The lowest BCUT2D eigenvalue weighted by atomic mass is 10.2. The van der Waals surface area contributed by atoms with Gasteiger partial charge in [0.15, 0.2) is 11.0 Å². The molecule has 3 aromatic heterocycles. The molecule has 1 N–H and O–H groups in total. The molecular weight excluding hydrogens is 413 g/mol. The SMILES string of the molecule is COc1ccc2nc(-c3cccnc3)nc(Nc3nc(-c4ccc(F)cc4)cs3)c2c1. The number of hydrogen-bond donors (Lipinski definition) is 1. The molecule has 0 aliphatic carbocycles. The summed E-state index contributed by atoms with van der Waals surface area (Å²) >= 11 is 1.44. The summed E-state index contributed by atoms with van der Waals surface area (Å²) in [5, 5.41) is 6.71. The fourth-order valence-corrected chi connectivity index (χ4v) is 3.86. The number of nitrogens with zero attached hydrogens (tertiary/aromatic N) is 4. The van der Waals surface area contributed by atoms with E-state index in [-0.39, 0.29) is 5.82 Å². The first-order valence-corrected chi connectivity index (χ1v) is 10.3. The van der Waals surface area contributed by atoms with Crippen molar-refractivity contribution in [3.05, 3.63) is 78.2 Å². The standard InChI is InChI=1S/C23H16FN5OS/c1-30-17-8-9-19-18(11-17)22(28-21(26-19)15-3-2-10-25-12-15)29-23-27-20(13-31-23)14-4-6-16(24)7-5-14/h2-13H,1H3,(H,26,27,28,29). The quantitative estimate of drug-likeness (QED) is 0.386. The highest BCUT2D eigenvalue weighted by Crippen LogP contribution is 2.32. The second kappa shape index (κ2) is 8.08. The van der Waals surface area contributed by atoms with Gasteiger partial charge in [-0.15, -0.1) is 11.3 Å². The summed E-state index contributed by atoms with van der Waals surface area (Å²) in [5.41, 5.74) is 3.19. The van der Waals surface area contributed by atoms with Crippen LogP contribution in [0.1, 0.15) is 0 Å². The Bertz CT molecular complexity index is 1360. The van der Waals surface area contributed by atoms with Crippen LogP contribution in [0, 0.1) is 5.82 Å². The van der Waals surface area contributed by atoms with Crippen LogP contribution in [-0.2, 0) is 0 Å². The number of methoxy groups -OCH3 is 1. The van der Waals surface area contributed by atoms with E-state index < -0.39 is 0 Å². The number of anilines is 2. The number of fused-ring (bicyclic) bond motifs is 1. The first-order chi connectivity index (χ1) is 15.2. The molecular formula is C23H16FN5OS. The van der Waals surface area contributed by atoms with Crippen LogP contribution < -0.4 is 10.1 Å². The van der Waals surface area contributed by atoms with Gasteiger partial charge in [-0.05, 0) is 54.6 Å². The number of ether oxygens (including phenoxy) is 1. The highest BCUT2D eigenvalue weighted by Gasteiger charge is 2.13. The number of aromatic nitrogens is 4. The van der Waals surface area contributed by atoms with E-state index in [1.807, 2.05) is 35.7 Å². The predicted octanol–water partition coefficient (Wildman–Crippen LogP) is 5.71. The molecule has 0 saturated heterocycles. The zero-order valence-electron chi connectivity index (χ0n) is 16.4. The van der Waals surface area contributed by atoms with Crippen LogP contribution in [0.15, 0.2) is 72.4 Å². The van der Waals surface area contributed by atoms with E-state index in [0.717, 1.165) is 27.7 Å². The minimum Gasteiger partial charge on any atom is -0.497 e. The van der Waals surface area contributed by atoms with Crippen molar-refractivity contribution < 1.29 is 9.13 Å². The molecule has 5 rings (SSSR count). The van der Waals surface area contributed by atoms with Crippen molar-refractivity contribution in [2.45, 2.75) is 0 Å². The summed E-state index contributed by atoms with van der Waals surface area (Å²) in [4.78, 5) is 18.2. The molecule has 0 fully saturated rings. The van der Waals surface area contributed by atoms with Gasteiger partial charge < -0.3 is 10.1 Å². The number of hydrogen-bond acceptors (Lipinski definition) is 7. The number of nitrogens with one attached hydrogen (secondary N) is 1. The van der Waals surface area contributed by atoms with Gasteiger partial charge in [0.05, 0.1) is 18.3 Å². The van der Waals surface area contributed by atoms with Gasteiger partial charge >= 0.3 is 0 Å². The molecule has 5 aromatic rings. The molecule has 152 valence electrons. The molecule has 0 saturated carbocycles. The Labute approximate surface area is 181 Å². The largest absolute Gasteiger partial charge is 0.497 e. The summed E-state index contributed by atoms with van der Waals surface area (Å²) < 4.78 is 18.6. The van der Waals surface area contributed by atoms with E-state index in [1.165, 1.54) is 23.5 Å². The normalized spacial score (nSPS) is 10.9. The Morgan fingerprint density at radius 1 is 0.968 bits per heavy atom. The molecule has 0 radical (unpaired) electrons. The third-order valence-corrected chi connectivity index (χ3v) is 5.45. The number of rotatable bonds is 5. The summed E-state index contributed by atoms with van der Waals surface area (Å²) in [6.45, 7) is 0.